The van der Waals surface area contributed by atoms with Crippen molar-refractivity contribution in [2.45, 2.75) is 25.8 Å². The summed E-state index contributed by atoms with van der Waals surface area (Å²) in [6.07, 6.45) is 1.61. The first-order valence-electron chi connectivity index (χ1n) is 12.2. The number of nitrogens with two attached hydrogens (primary N) is 1. The number of fused-ring (bicyclic) bond motifs is 1. The first-order valence-corrected chi connectivity index (χ1v) is 12.6. The lowest BCUT2D eigenvalue weighted by molar-refractivity contribution is 0.0859. The van der Waals surface area contributed by atoms with E-state index in [9.17, 15) is 9.59 Å². The average Bonchev–Trinajstić information content (AvgIpc) is 3.18. The molecule has 36 heavy (non-hydrogen) atoms. The van der Waals surface area contributed by atoms with Gasteiger partial charge in [0.25, 0.3) is 5.91 Å². The van der Waals surface area contributed by atoms with Gasteiger partial charge in [-0.05, 0) is 74.4 Å². The molecule has 4 aromatic rings. The summed E-state index contributed by atoms with van der Waals surface area (Å²) in [6, 6.07) is 22.7. The summed E-state index contributed by atoms with van der Waals surface area (Å²) < 4.78 is 2.12. The number of nitrogens with one attached hydrogen (secondary N) is 1. The quantitative estimate of drug-likeness (QED) is 0.280. The second kappa shape index (κ2) is 10.2. The molecule has 1 fully saturated rings. The van der Waals surface area contributed by atoms with Crippen LogP contribution in [0.3, 0.4) is 0 Å². The molecule has 3 aromatic carbocycles. The van der Waals surface area contributed by atoms with Gasteiger partial charge in [-0.25, -0.2) is 0 Å². The Morgan fingerprint density at radius 3 is 2.33 bits per heavy atom. The van der Waals surface area contributed by atoms with Crippen molar-refractivity contribution < 1.29 is 9.59 Å². The normalized spacial score (nSPS) is 14.7. The molecule has 0 spiro atoms. The summed E-state index contributed by atoms with van der Waals surface area (Å²) in [5.41, 5.74) is 10.6. The smallest absolute Gasteiger partial charge is 0.251 e. The van der Waals surface area contributed by atoms with E-state index in [2.05, 4.69) is 14.8 Å². The summed E-state index contributed by atoms with van der Waals surface area (Å²) >= 11 is 6.10. The molecule has 0 aliphatic carbocycles. The molecule has 0 radical (unpaired) electrons. The van der Waals surface area contributed by atoms with Gasteiger partial charge in [0.1, 0.15) is 0 Å². The average molecular weight is 501 g/mol. The van der Waals surface area contributed by atoms with E-state index in [0.717, 1.165) is 53.8 Å². The molecule has 3 N–H and O–H groups in total. The van der Waals surface area contributed by atoms with Crippen molar-refractivity contribution in [2.75, 3.05) is 25.4 Å². The third-order valence-electron chi connectivity index (χ3n) is 6.94. The number of rotatable bonds is 6. The van der Waals surface area contributed by atoms with E-state index in [-0.39, 0.29) is 17.7 Å². The summed E-state index contributed by atoms with van der Waals surface area (Å²) in [6.45, 7) is 3.87. The summed E-state index contributed by atoms with van der Waals surface area (Å²) in [4.78, 5) is 28.3. The fourth-order valence-corrected chi connectivity index (χ4v) is 5.19. The second-order valence-corrected chi connectivity index (χ2v) is 9.79. The van der Waals surface area contributed by atoms with Crippen molar-refractivity contribution in [1.82, 2.24) is 14.8 Å². The van der Waals surface area contributed by atoms with Crippen LogP contribution in [0.4, 0.5) is 5.69 Å². The molecule has 5 rings (SSSR count). The van der Waals surface area contributed by atoms with Crippen molar-refractivity contribution in [1.29, 1.82) is 0 Å². The van der Waals surface area contributed by atoms with Gasteiger partial charge in [-0.3, -0.25) is 14.5 Å². The number of nitrogens with zero attached hydrogens (tertiary/aromatic N) is 2. The predicted molar refractivity (Wildman–Crippen MR) is 145 cm³/mol. The maximum Gasteiger partial charge on any atom is 0.251 e. The zero-order valence-electron chi connectivity index (χ0n) is 20.2. The van der Waals surface area contributed by atoms with Crippen molar-refractivity contribution in [3.05, 3.63) is 94.6 Å². The van der Waals surface area contributed by atoms with Gasteiger partial charge in [0, 0.05) is 57.7 Å². The number of ketones is 1. The lowest BCUT2D eigenvalue weighted by Gasteiger charge is -2.32. The molecule has 1 amide bonds. The maximum absolute atomic E-state index is 13.6. The van der Waals surface area contributed by atoms with Gasteiger partial charge in [-0.1, -0.05) is 29.8 Å². The van der Waals surface area contributed by atoms with Crippen molar-refractivity contribution in [2.24, 2.45) is 0 Å². The maximum atomic E-state index is 13.6. The van der Waals surface area contributed by atoms with Crippen LogP contribution in [0.25, 0.3) is 16.6 Å². The predicted octanol–water partition coefficient (Wildman–Crippen LogP) is 5.25. The number of likely N-dealkylation sites (tertiary alicyclic amines) is 1. The van der Waals surface area contributed by atoms with Crippen molar-refractivity contribution in [3.63, 3.8) is 0 Å². The van der Waals surface area contributed by atoms with Gasteiger partial charge < -0.3 is 15.6 Å². The standard InChI is InChI=1S/C29H29ClN4O2/c1-19-28(25-4-2-3-5-26(25)34(19)24-12-8-21(30)9-13-24)27(35)18-33-16-14-23(15-17-33)32-29(36)20-6-10-22(31)11-7-20/h2-13,23H,14-18,31H2,1H3,(H,32,36). The number of carbonyl (C=O) groups is 2. The lowest BCUT2D eigenvalue weighted by atomic mass is 10.0. The van der Waals surface area contributed by atoms with Crippen LogP contribution < -0.4 is 11.1 Å². The number of halogens is 1. The van der Waals surface area contributed by atoms with E-state index in [1.54, 1.807) is 24.3 Å². The Morgan fingerprint density at radius 2 is 1.64 bits per heavy atom. The van der Waals surface area contributed by atoms with E-state index in [0.29, 0.717) is 22.8 Å². The zero-order valence-corrected chi connectivity index (χ0v) is 21.0. The highest BCUT2D eigenvalue weighted by Gasteiger charge is 2.26. The Labute approximate surface area is 215 Å². The number of anilines is 1. The number of aromatic nitrogens is 1. The minimum Gasteiger partial charge on any atom is -0.399 e. The summed E-state index contributed by atoms with van der Waals surface area (Å²) in [5.74, 6) is 0.0240. The molecule has 0 atom stereocenters. The zero-order chi connectivity index (χ0) is 25.2. The number of benzene rings is 3. The topological polar surface area (TPSA) is 80.4 Å². The fourth-order valence-electron chi connectivity index (χ4n) is 5.06. The van der Waals surface area contributed by atoms with Gasteiger partial charge in [0.15, 0.2) is 5.78 Å². The molecular weight excluding hydrogens is 472 g/mol. The van der Waals surface area contributed by atoms with E-state index < -0.39 is 0 Å². The van der Waals surface area contributed by atoms with Crippen LogP contribution >= 0.6 is 11.6 Å². The van der Waals surface area contributed by atoms with Gasteiger partial charge in [-0.15, -0.1) is 0 Å². The first kappa shape index (κ1) is 24.1. The molecule has 1 aliphatic heterocycles. The molecule has 7 heteroatoms. The SMILES string of the molecule is Cc1c(C(=O)CN2CCC(NC(=O)c3ccc(N)cc3)CC2)c2ccccc2n1-c1ccc(Cl)cc1. The first-order chi connectivity index (χ1) is 17.4. The number of carbonyl (C=O) groups excluding carboxylic acids is 2. The summed E-state index contributed by atoms with van der Waals surface area (Å²) in [7, 11) is 0. The molecule has 0 bridgehead atoms. The Hall–Kier alpha value is -3.61. The van der Waals surface area contributed by atoms with Crippen LogP contribution in [0.5, 0.6) is 0 Å². The fraction of sp³-hybridized carbons (Fsp3) is 0.241. The number of hydrogen-bond donors (Lipinski definition) is 2. The lowest BCUT2D eigenvalue weighted by Crippen LogP contribution is -2.46. The molecule has 184 valence electrons. The molecule has 0 unspecified atom stereocenters. The van der Waals surface area contributed by atoms with Gasteiger partial charge in [0.2, 0.25) is 0 Å². The van der Waals surface area contributed by atoms with Gasteiger partial charge >= 0.3 is 0 Å². The molecular formula is C29H29ClN4O2. The monoisotopic (exact) mass is 500 g/mol. The third-order valence-corrected chi connectivity index (χ3v) is 7.19. The van der Waals surface area contributed by atoms with Crippen LogP contribution in [0.2, 0.25) is 5.02 Å². The number of nitrogen functional groups attached to an aromatic ring is 1. The van der Waals surface area contributed by atoms with E-state index in [1.165, 1.54) is 0 Å². The summed E-state index contributed by atoms with van der Waals surface area (Å²) in [5, 5.41) is 4.75. The number of hydrogen-bond acceptors (Lipinski definition) is 4. The van der Waals surface area contributed by atoms with Gasteiger partial charge in [-0.2, -0.15) is 0 Å². The van der Waals surface area contributed by atoms with E-state index >= 15 is 0 Å². The minimum atomic E-state index is -0.0878. The van der Waals surface area contributed by atoms with E-state index in [4.69, 9.17) is 17.3 Å². The molecule has 1 aliphatic rings. The Balaban J connectivity index is 1.27. The van der Waals surface area contributed by atoms with Crippen molar-refractivity contribution in [3.8, 4) is 5.69 Å². The largest absolute Gasteiger partial charge is 0.399 e. The van der Waals surface area contributed by atoms with Crippen molar-refractivity contribution >= 4 is 39.9 Å². The second-order valence-electron chi connectivity index (χ2n) is 9.36. The molecule has 6 nitrogen and oxygen atoms in total. The van der Waals surface area contributed by atoms with E-state index in [1.807, 2.05) is 55.5 Å². The van der Waals surface area contributed by atoms with Crippen LogP contribution in [0, 0.1) is 6.92 Å². The third kappa shape index (κ3) is 4.87. The Morgan fingerprint density at radius 1 is 0.972 bits per heavy atom. The Kier molecular flexibility index (Phi) is 6.81. The molecule has 1 saturated heterocycles. The number of amides is 1. The highest BCUT2D eigenvalue weighted by molar-refractivity contribution is 6.30. The highest BCUT2D eigenvalue weighted by atomic mass is 35.5. The highest BCUT2D eigenvalue weighted by Crippen LogP contribution is 2.30. The van der Waals surface area contributed by atoms with Crippen LogP contribution in [-0.4, -0.2) is 46.8 Å². The molecule has 1 aromatic heterocycles. The molecule has 0 saturated carbocycles. The number of para-hydroxylation sites is 1. The molecule has 2 heterocycles. The van der Waals surface area contributed by atoms with Crippen LogP contribution in [0.1, 0.15) is 39.3 Å². The van der Waals surface area contributed by atoms with Crippen LogP contribution in [-0.2, 0) is 0 Å². The number of Topliss-reactive ketones (excluding diaryl/α,β-unsaturated/α-hetero) is 1. The Bertz CT molecular complexity index is 1400. The minimum absolute atomic E-state index is 0.0878. The number of piperidine rings is 1. The van der Waals surface area contributed by atoms with Crippen LogP contribution in [0.15, 0.2) is 72.8 Å². The van der Waals surface area contributed by atoms with Gasteiger partial charge in [0.05, 0.1) is 12.1 Å².